The molecule has 0 aliphatic carbocycles. The summed E-state index contributed by atoms with van der Waals surface area (Å²) in [6, 6.07) is 15.8. The number of hydrogen-bond donors (Lipinski definition) is 8. The normalized spacial score (nSPS) is 12.2. The van der Waals surface area contributed by atoms with E-state index in [0.29, 0.717) is 17.2 Å². The maximum atomic E-state index is 12.0. The molecule has 9 N–H and O–H groups in total. The van der Waals surface area contributed by atoms with Gasteiger partial charge in [-0.3, -0.25) is 13.7 Å². The fourth-order valence-corrected chi connectivity index (χ4v) is 7.23. The van der Waals surface area contributed by atoms with E-state index in [0.717, 1.165) is 28.9 Å². The monoisotopic (exact) mass is 937 g/mol. The maximum absolute atomic E-state index is 12.0. The summed E-state index contributed by atoms with van der Waals surface area (Å²) in [5, 5.41) is 61.9. The second-order valence-electron chi connectivity index (χ2n) is 11.5. The average Bonchev–Trinajstić information content (AvgIpc) is 3.38. The molecular formula is C32H25Cu2N7O13S3. The van der Waals surface area contributed by atoms with Gasteiger partial charge in [-0.15, -0.1) is 20.5 Å². The van der Waals surface area contributed by atoms with Crippen molar-refractivity contribution in [1.82, 2.24) is 9.78 Å². The zero-order valence-electron chi connectivity index (χ0n) is 28.2. The van der Waals surface area contributed by atoms with Crippen LogP contribution < -0.4 is 5.73 Å². The number of phenolic OH excluding ortho intramolecular Hbond substituents is 3. The molecule has 0 fully saturated rings. The summed E-state index contributed by atoms with van der Waals surface area (Å²) in [6.45, 7) is 1.53. The quantitative estimate of drug-likeness (QED) is 0.0358. The van der Waals surface area contributed by atoms with Gasteiger partial charge < -0.3 is 26.2 Å². The summed E-state index contributed by atoms with van der Waals surface area (Å²) in [4.78, 5) is -2.42. The Hall–Kier alpha value is -5.46. The number of aromatic nitrogens is 2. The van der Waals surface area contributed by atoms with Crippen LogP contribution >= 0.6 is 0 Å². The zero-order valence-corrected chi connectivity index (χ0v) is 32.5. The number of rotatable bonds is 9. The molecule has 0 spiro atoms. The van der Waals surface area contributed by atoms with Crippen LogP contribution in [0.15, 0.2) is 114 Å². The first-order valence-electron chi connectivity index (χ1n) is 15.0. The Morgan fingerprint density at radius 1 is 0.614 bits per heavy atom. The van der Waals surface area contributed by atoms with Crippen LogP contribution in [0.2, 0.25) is 0 Å². The molecule has 2 radical (unpaired) electrons. The first-order valence-corrected chi connectivity index (χ1v) is 19.4. The SMILES string of the molecule is Cc1nn(-c2ccc(S(=O)(=O)O)cc2)c(O)c1N=Nc1ccc(-c2ccc(N=Nc3ccc4c(S(=O)(=O)O)cc(S(=O)(=O)O)c(N)c4c3O)c(O)c2)cc1O.[Cu].[Cu]. The summed E-state index contributed by atoms with van der Waals surface area (Å²) in [7, 11) is -14.6. The molecule has 0 bridgehead atoms. The fraction of sp³-hybridized carbons (Fsp3) is 0.0312. The minimum Gasteiger partial charge on any atom is -0.506 e. The largest absolute Gasteiger partial charge is 0.506 e. The van der Waals surface area contributed by atoms with E-state index < -0.39 is 68.6 Å². The van der Waals surface area contributed by atoms with E-state index in [-0.39, 0.29) is 84.3 Å². The Kier molecular flexibility index (Phi) is 12.6. The van der Waals surface area contributed by atoms with Crippen molar-refractivity contribution in [2.45, 2.75) is 21.6 Å². The van der Waals surface area contributed by atoms with Crippen molar-refractivity contribution in [2.24, 2.45) is 20.5 Å². The number of benzene rings is 5. The molecule has 0 aliphatic rings. The molecule has 306 valence electrons. The first kappa shape index (κ1) is 44.3. The van der Waals surface area contributed by atoms with Gasteiger partial charge in [0, 0.05) is 39.5 Å². The first-order chi connectivity index (χ1) is 25.6. The number of aryl methyl sites for hydroxylation is 1. The third-order valence-corrected chi connectivity index (χ3v) is 10.6. The number of nitrogens with zero attached hydrogens (tertiary/aromatic N) is 6. The van der Waals surface area contributed by atoms with Gasteiger partial charge in [0.25, 0.3) is 30.4 Å². The molecule has 6 rings (SSSR count). The molecule has 25 heteroatoms. The van der Waals surface area contributed by atoms with Crippen LogP contribution in [0.1, 0.15) is 5.69 Å². The van der Waals surface area contributed by atoms with Gasteiger partial charge >= 0.3 is 0 Å². The number of nitrogens with two attached hydrogens (primary N) is 1. The van der Waals surface area contributed by atoms with E-state index in [4.69, 9.17) is 5.73 Å². The minimum atomic E-state index is -5.12. The van der Waals surface area contributed by atoms with Crippen molar-refractivity contribution in [1.29, 1.82) is 0 Å². The molecule has 0 atom stereocenters. The van der Waals surface area contributed by atoms with Gasteiger partial charge in [0.05, 0.1) is 27.4 Å². The maximum Gasteiger partial charge on any atom is 0.296 e. The molecule has 0 saturated heterocycles. The van der Waals surface area contributed by atoms with Crippen LogP contribution in [0, 0.1) is 6.92 Å². The molecule has 1 aromatic heterocycles. The Balaban J connectivity index is 0.00000360. The number of anilines is 1. The predicted molar refractivity (Wildman–Crippen MR) is 193 cm³/mol. The summed E-state index contributed by atoms with van der Waals surface area (Å²) in [6.07, 6.45) is 0. The Morgan fingerprint density at radius 3 is 1.60 bits per heavy atom. The zero-order chi connectivity index (χ0) is 40.2. The third kappa shape index (κ3) is 8.92. The van der Waals surface area contributed by atoms with Crippen molar-refractivity contribution < 1.29 is 93.5 Å². The summed E-state index contributed by atoms with van der Waals surface area (Å²) in [5.74, 6) is -2.05. The molecule has 1 heterocycles. The van der Waals surface area contributed by atoms with E-state index in [1.165, 1.54) is 55.5 Å². The van der Waals surface area contributed by atoms with Crippen molar-refractivity contribution in [3.63, 3.8) is 0 Å². The van der Waals surface area contributed by atoms with Crippen LogP contribution in [0.3, 0.4) is 0 Å². The Labute approximate surface area is 343 Å². The topological polar surface area (TPSA) is 337 Å². The van der Waals surface area contributed by atoms with Gasteiger partial charge in [-0.05, 0) is 78.7 Å². The van der Waals surface area contributed by atoms with Crippen LogP contribution in [-0.4, -0.2) is 69.1 Å². The van der Waals surface area contributed by atoms with E-state index in [2.05, 4.69) is 25.6 Å². The third-order valence-electron chi connectivity index (χ3n) is 7.97. The van der Waals surface area contributed by atoms with Crippen molar-refractivity contribution in [3.05, 3.63) is 84.6 Å². The second-order valence-corrected chi connectivity index (χ2v) is 15.7. The smallest absolute Gasteiger partial charge is 0.296 e. The van der Waals surface area contributed by atoms with Crippen molar-refractivity contribution in [3.8, 4) is 39.9 Å². The van der Waals surface area contributed by atoms with Crippen molar-refractivity contribution in [2.75, 3.05) is 5.73 Å². The van der Waals surface area contributed by atoms with Gasteiger partial charge in [0.1, 0.15) is 38.4 Å². The van der Waals surface area contributed by atoms with Gasteiger partial charge in [-0.25, -0.2) is 0 Å². The van der Waals surface area contributed by atoms with Gasteiger partial charge in [-0.2, -0.15) is 35.0 Å². The number of aromatic hydroxyl groups is 4. The summed E-state index contributed by atoms with van der Waals surface area (Å²) >= 11 is 0. The van der Waals surface area contributed by atoms with Crippen LogP contribution in [0.4, 0.5) is 28.4 Å². The number of azo groups is 2. The van der Waals surface area contributed by atoms with E-state index >= 15 is 0 Å². The molecule has 0 aliphatic heterocycles. The van der Waals surface area contributed by atoms with Gasteiger partial charge in [0.15, 0.2) is 11.4 Å². The fourth-order valence-electron chi connectivity index (χ4n) is 5.31. The summed E-state index contributed by atoms with van der Waals surface area (Å²) in [5.41, 5.74) is 5.85. The van der Waals surface area contributed by atoms with E-state index in [9.17, 15) is 59.3 Å². The molecule has 5 aromatic carbocycles. The number of hydrogen-bond acceptors (Lipinski definition) is 16. The van der Waals surface area contributed by atoms with Crippen LogP contribution in [-0.2, 0) is 64.5 Å². The second kappa shape index (κ2) is 16.2. The number of phenols is 3. The number of fused-ring (bicyclic) bond motifs is 1. The van der Waals surface area contributed by atoms with Gasteiger partial charge in [0.2, 0.25) is 5.88 Å². The molecule has 0 amide bonds. The standard InChI is InChI=1S/C32H25N7O13S3.2Cu/c1-15-30(32(43)39(38-15)18-4-6-19(7-5-18)53(44,45)46)37-35-22-10-3-17(13-25(22)41)16-2-9-21(24(40)12-16)34-36-23-11-8-20-26(54(47,48)49)14-27(55(50,51)52)29(33)28(20)31(23)42;;/h2-14,40-43H,33H2,1H3,(H,44,45,46)(H,47,48,49)(H,50,51,52);;. The van der Waals surface area contributed by atoms with E-state index in [1.807, 2.05) is 0 Å². The minimum absolute atomic E-state index is 0. The molecule has 0 unspecified atom stereocenters. The Bertz CT molecular complexity index is 2980. The average molecular weight is 939 g/mol. The Morgan fingerprint density at radius 2 is 1.11 bits per heavy atom. The van der Waals surface area contributed by atoms with Crippen LogP contribution in [0.5, 0.6) is 23.1 Å². The van der Waals surface area contributed by atoms with Crippen LogP contribution in [0.25, 0.3) is 27.6 Å². The van der Waals surface area contributed by atoms with E-state index in [1.54, 1.807) is 0 Å². The molecule has 6 aromatic rings. The molecule has 0 saturated carbocycles. The summed E-state index contributed by atoms with van der Waals surface area (Å²) < 4.78 is 99.7. The molecule has 57 heavy (non-hydrogen) atoms. The number of nitrogen functional groups attached to an aromatic ring is 1. The molecule has 20 nitrogen and oxygen atoms in total. The van der Waals surface area contributed by atoms with Crippen molar-refractivity contribution >= 4 is 69.6 Å². The molecular weight excluding hydrogens is 914 g/mol. The predicted octanol–water partition coefficient (Wildman–Crippen LogP) is 5.97. The van der Waals surface area contributed by atoms with Gasteiger partial charge in [-0.1, -0.05) is 18.2 Å².